The zero-order valence-corrected chi connectivity index (χ0v) is 38.4. The number of esters is 2. The maximum Gasteiger partial charge on any atom is 0.306 e. The van der Waals surface area contributed by atoms with E-state index >= 15 is 0 Å². The summed E-state index contributed by atoms with van der Waals surface area (Å²) < 4.78 is 33.9. The van der Waals surface area contributed by atoms with Gasteiger partial charge in [0.2, 0.25) is 0 Å². The predicted molar refractivity (Wildman–Crippen MR) is 236 cm³/mol. The maximum absolute atomic E-state index is 12.7. The highest BCUT2D eigenvalue weighted by molar-refractivity contribution is 7.45. The SMILES string of the molecule is CCCCC/C=C\C/C=C\C/C=C\CCCCCCC(=O)OC[C@H](COP(=O)([O-])OCC[N+](C)(C)C)OC(=O)CCCCCCCCCCCCCCCCCC. The van der Waals surface area contributed by atoms with Crippen molar-refractivity contribution >= 4 is 19.8 Å². The molecule has 0 aliphatic carbocycles. The number of carbonyl (C=O) groups is 2. The van der Waals surface area contributed by atoms with E-state index in [1.807, 2.05) is 21.1 Å². The molecule has 2 atom stereocenters. The van der Waals surface area contributed by atoms with Crippen molar-refractivity contribution in [1.82, 2.24) is 0 Å². The van der Waals surface area contributed by atoms with Gasteiger partial charge in [-0.05, 0) is 51.4 Å². The molecule has 0 aliphatic rings. The normalized spacial score (nSPS) is 13.9. The molecule has 0 amide bonds. The lowest BCUT2D eigenvalue weighted by Gasteiger charge is -2.28. The van der Waals surface area contributed by atoms with Gasteiger partial charge in [0, 0.05) is 12.8 Å². The lowest BCUT2D eigenvalue weighted by molar-refractivity contribution is -0.870. The van der Waals surface area contributed by atoms with Gasteiger partial charge in [-0.2, -0.15) is 0 Å². The number of carbonyl (C=O) groups excluding carboxylic acids is 2. The summed E-state index contributed by atoms with van der Waals surface area (Å²) in [6, 6.07) is 0. The molecule has 0 aromatic carbocycles. The van der Waals surface area contributed by atoms with Crippen LogP contribution in [0.3, 0.4) is 0 Å². The van der Waals surface area contributed by atoms with Crippen LogP contribution in [0.5, 0.6) is 0 Å². The van der Waals surface area contributed by atoms with Gasteiger partial charge in [-0.1, -0.05) is 172 Å². The summed E-state index contributed by atoms with van der Waals surface area (Å²) in [5, 5.41) is 0. The molecule has 10 heteroatoms. The van der Waals surface area contributed by atoms with Gasteiger partial charge in [0.25, 0.3) is 7.82 Å². The van der Waals surface area contributed by atoms with Crippen LogP contribution in [-0.4, -0.2) is 70.0 Å². The highest BCUT2D eigenvalue weighted by Gasteiger charge is 2.21. The second kappa shape index (κ2) is 39.7. The van der Waals surface area contributed by atoms with Crippen LogP contribution >= 0.6 is 7.82 Å². The van der Waals surface area contributed by atoms with Crippen LogP contribution in [0.15, 0.2) is 36.5 Å². The Morgan fingerprint density at radius 2 is 0.947 bits per heavy atom. The first-order chi connectivity index (χ1) is 27.5. The van der Waals surface area contributed by atoms with Crippen molar-refractivity contribution in [3.8, 4) is 0 Å². The third-order valence-electron chi connectivity index (χ3n) is 9.91. The Kier molecular flexibility index (Phi) is 38.4. The van der Waals surface area contributed by atoms with Gasteiger partial charge in [-0.15, -0.1) is 0 Å². The number of ether oxygens (including phenoxy) is 2. The summed E-state index contributed by atoms with van der Waals surface area (Å²) >= 11 is 0. The van der Waals surface area contributed by atoms with Crippen LogP contribution in [0.2, 0.25) is 0 Å². The minimum Gasteiger partial charge on any atom is -0.756 e. The van der Waals surface area contributed by atoms with Gasteiger partial charge in [0.15, 0.2) is 6.10 Å². The Morgan fingerprint density at radius 3 is 1.44 bits per heavy atom. The van der Waals surface area contributed by atoms with E-state index in [0.717, 1.165) is 51.4 Å². The number of quaternary nitrogens is 1. The van der Waals surface area contributed by atoms with Crippen molar-refractivity contribution < 1.29 is 42.1 Å². The Morgan fingerprint density at radius 1 is 0.544 bits per heavy atom. The average molecular weight is 826 g/mol. The summed E-state index contributed by atoms with van der Waals surface area (Å²) in [6.45, 7) is 4.19. The largest absolute Gasteiger partial charge is 0.756 e. The first-order valence-corrected chi connectivity index (χ1v) is 24.7. The molecule has 0 saturated heterocycles. The highest BCUT2D eigenvalue weighted by atomic mass is 31.2. The number of nitrogens with zero attached hydrogens (tertiary/aromatic N) is 1. The summed E-state index contributed by atoms with van der Waals surface area (Å²) in [4.78, 5) is 37.6. The zero-order chi connectivity index (χ0) is 42.1. The van der Waals surface area contributed by atoms with Crippen LogP contribution in [0.25, 0.3) is 0 Å². The van der Waals surface area contributed by atoms with Crippen LogP contribution in [0.4, 0.5) is 0 Å². The number of phosphoric ester groups is 1. The van der Waals surface area contributed by atoms with E-state index in [-0.39, 0.29) is 26.1 Å². The highest BCUT2D eigenvalue weighted by Crippen LogP contribution is 2.38. The van der Waals surface area contributed by atoms with E-state index in [9.17, 15) is 19.0 Å². The van der Waals surface area contributed by atoms with Crippen LogP contribution < -0.4 is 4.89 Å². The number of hydrogen-bond acceptors (Lipinski definition) is 8. The van der Waals surface area contributed by atoms with E-state index in [1.54, 1.807) is 0 Å². The summed E-state index contributed by atoms with van der Waals surface area (Å²) in [7, 11) is 1.16. The maximum atomic E-state index is 12.7. The van der Waals surface area contributed by atoms with Crippen molar-refractivity contribution in [2.45, 2.75) is 206 Å². The van der Waals surface area contributed by atoms with Gasteiger partial charge in [-0.25, -0.2) is 0 Å². The number of likely N-dealkylation sites (N-methyl/N-ethyl adjacent to an activating group) is 1. The lowest BCUT2D eigenvalue weighted by Crippen LogP contribution is -2.37. The minimum absolute atomic E-state index is 0.0338. The van der Waals surface area contributed by atoms with Crippen molar-refractivity contribution in [2.24, 2.45) is 0 Å². The van der Waals surface area contributed by atoms with Gasteiger partial charge >= 0.3 is 11.9 Å². The van der Waals surface area contributed by atoms with E-state index in [2.05, 4.69) is 50.3 Å². The van der Waals surface area contributed by atoms with Crippen molar-refractivity contribution in [3.05, 3.63) is 36.5 Å². The molecule has 0 spiro atoms. The fraction of sp³-hybridized carbons (Fsp3) is 0.830. The lowest BCUT2D eigenvalue weighted by atomic mass is 10.0. The Bertz CT molecular complexity index is 1070. The molecule has 0 fully saturated rings. The molecule has 0 rings (SSSR count). The van der Waals surface area contributed by atoms with E-state index in [4.69, 9.17) is 18.5 Å². The molecule has 57 heavy (non-hydrogen) atoms. The first-order valence-electron chi connectivity index (χ1n) is 23.2. The average Bonchev–Trinajstić information content (AvgIpc) is 3.16. The fourth-order valence-electron chi connectivity index (χ4n) is 6.25. The van der Waals surface area contributed by atoms with Crippen molar-refractivity contribution in [2.75, 3.05) is 47.5 Å². The van der Waals surface area contributed by atoms with E-state index in [1.165, 1.54) is 109 Å². The number of hydrogen-bond donors (Lipinski definition) is 0. The Labute approximate surface area is 351 Å². The van der Waals surface area contributed by atoms with Crippen LogP contribution in [-0.2, 0) is 32.7 Å². The fourth-order valence-corrected chi connectivity index (χ4v) is 6.98. The van der Waals surface area contributed by atoms with Gasteiger partial charge in [-0.3, -0.25) is 14.2 Å². The van der Waals surface area contributed by atoms with E-state index < -0.39 is 32.5 Å². The third-order valence-corrected chi connectivity index (χ3v) is 10.9. The number of allylic oxidation sites excluding steroid dienone is 6. The molecule has 0 aromatic rings. The minimum atomic E-state index is -4.63. The molecular weight excluding hydrogens is 737 g/mol. The molecule has 0 aromatic heterocycles. The molecule has 0 radical (unpaired) electrons. The first kappa shape index (κ1) is 55.2. The summed E-state index contributed by atoms with van der Waals surface area (Å²) in [5.74, 6) is -0.854. The molecule has 0 heterocycles. The molecule has 0 saturated carbocycles. The van der Waals surface area contributed by atoms with Crippen molar-refractivity contribution in [3.63, 3.8) is 0 Å². The number of unbranched alkanes of at least 4 members (excludes halogenated alkanes) is 22. The summed E-state index contributed by atoms with van der Waals surface area (Å²) in [5.41, 5.74) is 0. The molecule has 0 bridgehead atoms. The molecule has 9 nitrogen and oxygen atoms in total. The molecule has 0 aliphatic heterocycles. The van der Waals surface area contributed by atoms with Crippen LogP contribution in [0.1, 0.15) is 200 Å². The zero-order valence-electron chi connectivity index (χ0n) is 37.5. The quantitative estimate of drug-likeness (QED) is 0.0197. The summed E-state index contributed by atoms with van der Waals surface area (Å²) in [6.07, 6.45) is 44.5. The van der Waals surface area contributed by atoms with Gasteiger partial charge < -0.3 is 27.9 Å². The molecule has 334 valence electrons. The third kappa shape index (κ3) is 43.6. The monoisotopic (exact) mass is 826 g/mol. The molecule has 1 unspecified atom stereocenters. The Balaban J connectivity index is 4.36. The second-order valence-corrected chi connectivity index (χ2v) is 18.2. The van der Waals surface area contributed by atoms with Crippen LogP contribution in [0, 0.1) is 0 Å². The van der Waals surface area contributed by atoms with Gasteiger partial charge in [0.1, 0.15) is 19.8 Å². The standard InChI is InChI=1S/C47H88NO8P/c1-6-8-10-12-14-16-18-20-22-24-26-27-29-31-33-35-37-39-46(49)53-43-45(44-55-57(51,52)54-42-41-48(3,4)5)56-47(50)40-38-36-34-32-30-28-25-23-21-19-17-15-13-11-9-7-2/h14,16,20,22,26-27,45H,6-13,15,17-19,21,23-25,28-44H2,1-5H3/b16-14-,22-20-,27-26-/t45-/m1/s1. The topological polar surface area (TPSA) is 111 Å². The Hall–Kier alpha value is -1.77. The van der Waals surface area contributed by atoms with E-state index in [0.29, 0.717) is 23.9 Å². The molecular formula is C47H88NO8P. The second-order valence-electron chi connectivity index (χ2n) is 16.8. The van der Waals surface area contributed by atoms with Crippen molar-refractivity contribution in [1.29, 1.82) is 0 Å². The smallest absolute Gasteiger partial charge is 0.306 e. The number of phosphoric acid groups is 1. The van der Waals surface area contributed by atoms with Gasteiger partial charge in [0.05, 0.1) is 27.7 Å². The predicted octanol–water partition coefficient (Wildman–Crippen LogP) is 12.7. The number of rotatable bonds is 42. The molecule has 0 N–H and O–H groups in total.